The minimum atomic E-state index is -0.857. The molecule has 0 aromatic carbocycles. The number of carboxylic acid groups (broad SMARTS) is 1. The Balaban J connectivity index is 2.63. The molecule has 1 heterocycles. The van der Waals surface area contributed by atoms with Crippen molar-refractivity contribution >= 4 is 12.0 Å². The Bertz CT molecular complexity index is 319. The fraction of sp³-hybridized carbons (Fsp3) is 0.667. The molecule has 0 aromatic heterocycles. The van der Waals surface area contributed by atoms with Crippen LogP contribution in [0.25, 0.3) is 0 Å². The highest BCUT2D eigenvalue weighted by molar-refractivity contribution is 5.76. The molecule has 0 unspecified atom stereocenters. The van der Waals surface area contributed by atoms with Crippen LogP contribution in [0.1, 0.15) is 12.8 Å². The summed E-state index contributed by atoms with van der Waals surface area (Å²) < 4.78 is 0. The number of urea groups is 1. The van der Waals surface area contributed by atoms with Crippen LogP contribution in [0, 0.1) is 5.92 Å². The standard InChI is InChI=1S/C12H20N2O4/c1-2-5-13(7-8-15)12(18)14-6-3-4-10(9-14)11(16)17/h2,10,15H,1,3-9H2,(H,16,17)/t10-/m0/s1. The third kappa shape index (κ3) is 3.73. The van der Waals surface area contributed by atoms with E-state index in [-0.39, 0.29) is 25.7 Å². The van der Waals surface area contributed by atoms with Crippen molar-refractivity contribution in [3.63, 3.8) is 0 Å². The van der Waals surface area contributed by atoms with E-state index >= 15 is 0 Å². The summed E-state index contributed by atoms with van der Waals surface area (Å²) in [5.41, 5.74) is 0. The van der Waals surface area contributed by atoms with Crippen LogP contribution in [0.15, 0.2) is 12.7 Å². The van der Waals surface area contributed by atoms with E-state index < -0.39 is 11.9 Å². The van der Waals surface area contributed by atoms with Gasteiger partial charge >= 0.3 is 12.0 Å². The SMILES string of the molecule is C=CCN(CCO)C(=O)N1CCC[C@H](C(=O)O)C1. The van der Waals surface area contributed by atoms with E-state index in [4.69, 9.17) is 10.2 Å². The van der Waals surface area contributed by atoms with E-state index in [2.05, 4.69) is 6.58 Å². The number of rotatable bonds is 5. The van der Waals surface area contributed by atoms with E-state index in [1.165, 1.54) is 4.90 Å². The maximum Gasteiger partial charge on any atom is 0.320 e. The summed E-state index contributed by atoms with van der Waals surface area (Å²) in [4.78, 5) is 26.1. The minimum absolute atomic E-state index is 0.115. The zero-order chi connectivity index (χ0) is 13.5. The summed E-state index contributed by atoms with van der Waals surface area (Å²) in [7, 11) is 0. The first-order valence-corrected chi connectivity index (χ1v) is 6.08. The van der Waals surface area contributed by atoms with E-state index in [9.17, 15) is 9.59 Å². The summed E-state index contributed by atoms with van der Waals surface area (Å²) in [6.45, 7) is 4.85. The molecule has 0 aromatic rings. The number of carbonyl (C=O) groups is 2. The van der Waals surface area contributed by atoms with Crippen LogP contribution in [0.2, 0.25) is 0 Å². The highest BCUT2D eigenvalue weighted by Gasteiger charge is 2.29. The molecule has 6 heteroatoms. The van der Waals surface area contributed by atoms with Crippen molar-refractivity contribution in [2.45, 2.75) is 12.8 Å². The molecule has 1 atom stereocenters. The summed E-state index contributed by atoms with van der Waals surface area (Å²) in [5, 5.41) is 17.9. The van der Waals surface area contributed by atoms with Gasteiger partial charge in [0.25, 0.3) is 0 Å². The summed E-state index contributed by atoms with van der Waals surface area (Å²) in [6, 6.07) is -0.227. The van der Waals surface area contributed by atoms with E-state index in [0.29, 0.717) is 25.9 Å². The Morgan fingerprint density at radius 3 is 2.78 bits per heavy atom. The summed E-state index contributed by atoms with van der Waals surface area (Å²) in [5.74, 6) is -1.34. The molecular weight excluding hydrogens is 236 g/mol. The van der Waals surface area contributed by atoms with Crippen LogP contribution in [-0.4, -0.2) is 64.8 Å². The topological polar surface area (TPSA) is 81.1 Å². The second kappa shape index (κ2) is 7.00. The number of piperidine rings is 1. The monoisotopic (exact) mass is 256 g/mol. The predicted octanol–water partition coefficient (Wildman–Crippen LogP) is 0.383. The molecule has 0 saturated carbocycles. The molecule has 6 nitrogen and oxygen atoms in total. The molecule has 0 aliphatic carbocycles. The number of aliphatic hydroxyl groups excluding tert-OH is 1. The Kier molecular flexibility index (Phi) is 5.64. The van der Waals surface area contributed by atoms with Gasteiger partial charge in [0.2, 0.25) is 0 Å². The van der Waals surface area contributed by atoms with Crippen molar-refractivity contribution in [2.75, 3.05) is 32.8 Å². The minimum Gasteiger partial charge on any atom is -0.481 e. The van der Waals surface area contributed by atoms with Crippen LogP contribution in [0.4, 0.5) is 4.79 Å². The predicted molar refractivity (Wildman–Crippen MR) is 66.2 cm³/mol. The Morgan fingerprint density at radius 2 is 2.22 bits per heavy atom. The van der Waals surface area contributed by atoms with Gasteiger partial charge in [-0.1, -0.05) is 6.08 Å². The number of aliphatic hydroxyl groups is 1. The first-order chi connectivity index (χ1) is 8.60. The maximum absolute atomic E-state index is 12.1. The van der Waals surface area contributed by atoms with Crippen LogP contribution < -0.4 is 0 Å². The van der Waals surface area contributed by atoms with E-state index in [0.717, 1.165) is 0 Å². The number of aliphatic carboxylic acids is 1. The van der Waals surface area contributed by atoms with Gasteiger partial charge in [0.05, 0.1) is 12.5 Å². The highest BCUT2D eigenvalue weighted by atomic mass is 16.4. The van der Waals surface area contributed by atoms with Crippen LogP contribution in [0.5, 0.6) is 0 Å². The van der Waals surface area contributed by atoms with Crippen LogP contribution in [-0.2, 0) is 4.79 Å². The number of nitrogens with zero attached hydrogens (tertiary/aromatic N) is 2. The number of hydrogen-bond acceptors (Lipinski definition) is 3. The molecule has 1 fully saturated rings. The van der Waals surface area contributed by atoms with Crippen LogP contribution in [0.3, 0.4) is 0 Å². The lowest BCUT2D eigenvalue weighted by molar-refractivity contribution is -0.143. The fourth-order valence-corrected chi connectivity index (χ4v) is 2.09. The van der Waals surface area contributed by atoms with Gasteiger partial charge in [0.15, 0.2) is 0 Å². The van der Waals surface area contributed by atoms with Gasteiger partial charge in [-0.25, -0.2) is 4.79 Å². The first-order valence-electron chi connectivity index (χ1n) is 6.08. The number of hydrogen-bond donors (Lipinski definition) is 2. The van der Waals surface area contributed by atoms with E-state index in [1.807, 2.05) is 0 Å². The number of amides is 2. The average molecular weight is 256 g/mol. The zero-order valence-corrected chi connectivity index (χ0v) is 10.4. The van der Waals surface area contributed by atoms with Crippen molar-refractivity contribution < 1.29 is 19.8 Å². The normalized spacial score (nSPS) is 19.4. The van der Waals surface area contributed by atoms with Gasteiger partial charge < -0.3 is 20.0 Å². The lowest BCUT2D eigenvalue weighted by atomic mass is 9.99. The summed E-state index contributed by atoms with van der Waals surface area (Å²) >= 11 is 0. The largest absolute Gasteiger partial charge is 0.481 e. The lowest BCUT2D eigenvalue weighted by Gasteiger charge is -2.34. The molecule has 0 radical (unpaired) electrons. The summed E-state index contributed by atoms with van der Waals surface area (Å²) in [6.07, 6.45) is 2.90. The highest BCUT2D eigenvalue weighted by Crippen LogP contribution is 2.17. The van der Waals surface area contributed by atoms with Gasteiger partial charge in [0.1, 0.15) is 0 Å². The van der Waals surface area contributed by atoms with Crippen molar-refractivity contribution in [3.8, 4) is 0 Å². The molecular formula is C12H20N2O4. The van der Waals surface area contributed by atoms with Gasteiger partial charge in [-0.15, -0.1) is 6.58 Å². The number of likely N-dealkylation sites (tertiary alicyclic amines) is 1. The van der Waals surface area contributed by atoms with Gasteiger partial charge in [-0.3, -0.25) is 4.79 Å². The maximum atomic E-state index is 12.1. The Hall–Kier alpha value is -1.56. The molecule has 0 spiro atoms. The third-order valence-electron chi connectivity index (χ3n) is 3.03. The van der Waals surface area contributed by atoms with Gasteiger partial charge in [-0.2, -0.15) is 0 Å². The average Bonchev–Trinajstić information content (AvgIpc) is 2.38. The third-order valence-corrected chi connectivity index (χ3v) is 3.03. The van der Waals surface area contributed by atoms with Crippen molar-refractivity contribution in [1.29, 1.82) is 0 Å². The van der Waals surface area contributed by atoms with E-state index in [1.54, 1.807) is 11.0 Å². The second-order valence-electron chi connectivity index (χ2n) is 4.36. The van der Waals surface area contributed by atoms with Crippen LogP contribution >= 0.6 is 0 Å². The Morgan fingerprint density at radius 1 is 1.50 bits per heavy atom. The molecule has 0 bridgehead atoms. The first kappa shape index (κ1) is 14.5. The van der Waals surface area contributed by atoms with Gasteiger partial charge in [0, 0.05) is 26.2 Å². The number of carbonyl (C=O) groups excluding carboxylic acids is 1. The second-order valence-corrected chi connectivity index (χ2v) is 4.36. The Labute approximate surface area is 106 Å². The fourth-order valence-electron chi connectivity index (χ4n) is 2.09. The smallest absolute Gasteiger partial charge is 0.320 e. The molecule has 1 aliphatic rings. The molecule has 2 amide bonds. The number of carboxylic acids is 1. The zero-order valence-electron chi connectivity index (χ0n) is 10.4. The quantitative estimate of drug-likeness (QED) is 0.697. The molecule has 102 valence electrons. The van der Waals surface area contributed by atoms with Crippen molar-refractivity contribution in [2.24, 2.45) is 5.92 Å². The van der Waals surface area contributed by atoms with Crippen molar-refractivity contribution in [1.82, 2.24) is 9.80 Å². The molecule has 1 saturated heterocycles. The van der Waals surface area contributed by atoms with Crippen molar-refractivity contribution in [3.05, 3.63) is 12.7 Å². The molecule has 1 rings (SSSR count). The molecule has 1 aliphatic heterocycles. The molecule has 2 N–H and O–H groups in total. The lowest BCUT2D eigenvalue weighted by Crippen LogP contribution is -2.49. The van der Waals surface area contributed by atoms with Gasteiger partial charge in [-0.05, 0) is 12.8 Å². The molecule has 18 heavy (non-hydrogen) atoms.